The summed E-state index contributed by atoms with van der Waals surface area (Å²) in [6.07, 6.45) is 4.50. The molecule has 0 saturated carbocycles. The number of amides is 1. The van der Waals surface area contributed by atoms with Gasteiger partial charge in [0.1, 0.15) is 0 Å². The van der Waals surface area contributed by atoms with Crippen LogP contribution in [0, 0.1) is 0 Å². The minimum Gasteiger partial charge on any atom is -0.352 e. The highest BCUT2D eigenvalue weighted by atomic mass is 32.1. The first-order valence-electron chi connectivity index (χ1n) is 7.24. The predicted octanol–water partition coefficient (Wildman–Crippen LogP) is 3.02. The average molecular weight is 280 g/mol. The van der Waals surface area contributed by atoms with Crippen LogP contribution in [-0.4, -0.2) is 18.0 Å². The van der Waals surface area contributed by atoms with Crippen LogP contribution in [-0.2, 0) is 11.2 Å². The van der Waals surface area contributed by atoms with Crippen molar-refractivity contribution in [3.05, 3.63) is 21.9 Å². The van der Waals surface area contributed by atoms with Gasteiger partial charge in [0.05, 0.1) is 6.04 Å². The van der Waals surface area contributed by atoms with E-state index in [4.69, 9.17) is 0 Å². The molecule has 1 heterocycles. The van der Waals surface area contributed by atoms with E-state index in [1.807, 2.05) is 25.2 Å². The van der Waals surface area contributed by atoms with Crippen LogP contribution >= 0.6 is 11.3 Å². The third-order valence-electron chi connectivity index (χ3n) is 3.90. The van der Waals surface area contributed by atoms with Crippen LogP contribution in [0.3, 0.4) is 0 Å². The number of nitrogens with one attached hydrogen (secondary N) is 2. The Morgan fingerprint density at radius 3 is 3.05 bits per heavy atom. The Morgan fingerprint density at radius 2 is 2.32 bits per heavy atom. The molecule has 4 heteroatoms. The van der Waals surface area contributed by atoms with E-state index < -0.39 is 0 Å². The molecule has 3 nitrogen and oxygen atoms in total. The van der Waals surface area contributed by atoms with Gasteiger partial charge in [0.2, 0.25) is 5.91 Å². The summed E-state index contributed by atoms with van der Waals surface area (Å²) in [5, 5.41) is 8.68. The third kappa shape index (κ3) is 3.57. The Balaban J connectivity index is 1.93. The molecular formula is C15H24N2OS. The van der Waals surface area contributed by atoms with Crippen LogP contribution in [0.4, 0.5) is 0 Å². The monoisotopic (exact) mass is 280 g/mol. The van der Waals surface area contributed by atoms with Crippen molar-refractivity contribution in [3.63, 3.8) is 0 Å². The fraction of sp³-hybridized carbons (Fsp3) is 0.667. The molecule has 0 spiro atoms. The van der Waals surface area contributed by atoms with Gasteiger partial charge in [-0.05, 0) is 56.5 Å². The summed E-state index contributed by atoms with van der Waals surface area (Å²) in [4.78, 5) is 13.5. The van der Waals surface area contributed by atoms with Gasteiger partial charge < -0.3 is 5.32 Å². The highest BCUT2D eigenvalue weighted by molar-refractivity contribution is 7.10. The molecule has 3 unspecified atom stereocenters. The number of rotatable bonds is 5. The zero-order valence-electron chi connectivity index (χ0n) is 12.0. The van der Waals surface area contributed by atoms with Crippen molar-refractivity contribution in [2.75, 3.05) is 0 Å². The molecule has 0 fully saturated rings. The molecule has 0 aromatic carbocycles. The van der Waals surface area contributed by atoms with E-state index in [0.29, 0.717) is 6.04 Å². The van der Waals surface area contributed by atoms with Crippen LogP contribution in [0.15, 0.2) is 11.4 Å². The lowest BCUT2D eigenvalue weighted by molar-refractivity contribution is -0.123. The Hall–Kier alpha value is -0.870. The topological polar surface area (TPSA) is 41.1 Å². The molecule has 0 saturated heterocycles. The molecule has 106 valence electrons. The second-order valence-electron chi connectivity index (χ2n) is 5.45. The lowest BCUT2D eigenvalue weighted by Crippen LogP contribution is -2.46. The van der Waals surface area contributed by atoms with Gasteiger partial charge in [-0.2, -0.15) is 0 Å². The van der Waals surface area contributed by atoms with E-state index in [-0.39, 0.29) is 18.0 Å². The van der Waals surface area contributed by atoms with Gasteiger partial charge in [-0.1, -0.05) is 6.92 Å². The van der Waals surface area contributed by atoms with Crippen molar-refractivity contribution in [2.24, 2.45) is 0 Å². The molecule has 1 aromatic rings. The van der Waals surface area contributed by atoms with Gasteiger partial charge in [-0.3, -0.25) is 10.1 Å². The minimum atomic E-state index is -0.134. The predicted molar refractivity (Wildman–Crippen MR) is 80.5 cm³/mol. The van der Waals surface area contributed by atoms with Gasteiger partial charge in [0, 0.05) is 17.0 Å². The summed E-state index contributed by atoms with van der Waals surface area (Å²) in [5.41, 5.74) is 1.40. The second kappa shape index (κ2) is 6.53. The smallest absolute Gasteiger partial charge is 0.237 e. The maximum absolute atomic E-state index is 12.1. The number of thiophene rings is 1. The Kier molecular flexibility index (Phi) is 4.99. The lowest BCUT2D eigenvalue weighted by atomic mass is 9.93. The third-order valence-corrected chi connectivity index (χ3v) is 4.89. The standard InChI is InChI=1S/C15H24N2OS/c1-4-10(2)16-15(18)11(3)17-13-6-5-7-14-12(13)8-9-19-14/h8-11,13,17H,4-7H2,1-3H3,(H,16,18). The van der Waals surface area contributed by atoms with Gasteiger partial charge in [-0.25, -0.2) is 0 Å². The highest BCUT2D eigenvalue weighted by Gasteiger charge is 2.24. The average Bonchev–Trinajstić information content (AvgIpc) is 2.87. The molecule has 2 rings (SSSR count). The van der Waals surface area contributed by atoms with Crippen LogP contribution in [0.1, 0.15) is 56.5 Å². The number of fused-ring (bicyclic) bond motifs is 1. The normalized spacial score (nSPS) is 21.5. The number of hydrogen-bond acceptors (Lipinski definition) is 3. The lowest BCUT2D eigenvalue weighted by Gasteiger charge is -2.27. The van der Waals surface area contributed by atoms with Gasteiger partial charge in [0.15, 0.2) is 0 Å². The first-order valence-corrected chi connectivity index (χ1v) is 8.12. The van der Waals surface area contributed by atoms with E-state index in [0.717, 1.165) is 12.8 Å². The van der Waals surface area contributed by atoms with Gasteiger partial charge >= 0.3 is 0 Å². The molecule has 3 atom stereocenters. The Morgan fingerprint density at radius 1 is 1.53 bits per heavy atom. The molecule has 0 bridgehead atoms. The molecule has 2 N–H and O–H groups in total. The molecule has 1 aliphatic carbocycles. The molecule has 0 aliphatic heterocycles. The summed E-state index contributed by atoms with van der Waals surface area (Å²) >= 11 is 1.84. The summed E-state index contributed by atoms with van der Waals surface area (Å²) in [6, 6.07) is 2.66. The van der Waals surface area contributed by atoms with E-state index in [2.05, 4.69) is 29.0 Å². The van der Waals surface area contributed by atoms with Crippen LogP contribution in [0.5, 0.6) is 0 Å². The minimum absolute atomic E-state index is 0.108. The van der Waals surface area contributed by atoms with Crippen molar-refractivity contribution in [1.29, 1.82) is 0 Å². The summed E-state index contributed by atoms with van der Waals surface area (Å²) < 4.78 is 0. The molecule has 19 heavy (non-hydrogen) atoms. The van der Waals surface area contributed by atoms with Gasteiger partial charge in [-0.15, -0.1) is 11.3 Å². The molecule has 1 amide bonds. The van der Waals surface area contributed by atoms with E-state index in [1.54, 1.807) is 0 Å². The fourth-order valence-corrected chi connectivity index (χ4v) is 3.49. The SMILES string of the molecule is CCC(C)NC(=O)C(C)NC1CCCc2sccc21. The fourth-order valence-electron chi connectivity index (χ4n) is 2.51. The number of carbonyl (C=O) groups is 1. The maximum Gasteiger partial charge on any atom is 0.237 e. The van der Waals surface area contributed by atoms with Gasteiger partial charge in [0.25, 0.3) is 0 Å². The molecule has 0 radical (unpaired) electrons. The number of hydrogen-bond donors (Lipinski definition) is 2. The van der Waals surface area contributed by atoms with Crippen molar-refractivity contribution in [1.82, 2.24) is 10.6 Å². The summed E-state index contributed by atoms with van der Waals surface area (Å²) in [7, 11) is 0. The largest absolute Gasteiger partial charge is 0.352 e. The first-order chi connectivity index (χ1) is 9.11. The Bertz CT molecular complexity index is 430. The van der Waals surface area contributed by atoms with E-state index >= 15 is 0 Å². The quantitative estimate of drug-likeness (QED) is 0.870. The summed E-state index contributed by atoms with van der Waals surface area (Å²) in [6.45, 7) is 6.09. The maximum atomic E-state index is 12.1. The zero-order valence-corrected chi connectivity index (χ0v) is 12.8. The highest BCUT2D eigenvalue weighted by Crippen LogP contribution is 2.33. The van der Waals surface area contributed by atoms with E-state index in [1.165, 1.54) is 23.3 Å². The van der Waals surface area contributed by atoms with Crippen molar-refractivity contribution < 1.29 is 4.79 Å². The van der Waals surface area contributed by atoms with Crippen molar-refractivity contribution in [2.45, 2.75) is 64.6 Å². The summed E-state index contributed by atoms with van der Waals surface area (Å²) in [5.74, 6) is 0.108. The molecular weight excluding hydrogens is 256 g/mol. The van der Waals surface area contributed by atoms with Crippen LogP contribution in [0.25, 0.3) is 0 Å². The zero-order chi connectivity index (χ0) is 13.8. The van der Waals surface area contributed by atoms with E-state index in [9.17, 15) is 4.79 Å². The van der Waals surface area contributed by atoms with Crippen molar-refractivity contribution in [3.8, 4) is 0 Å². The van der Waals surface area contributed by atoms with Crippen LogP contribution < -0.4 is 10.6 Å². The molecule has 1 aromatic heterocycles. The first kappa shape index (κ1) is 14.5. The number of carbonyl (C=O) groups excluding carboxylic acids is 1. The Labute approximate surface area is 119 Å². The second-order valence-corrected chi connectivity index (χ2v) is 6.45. The van der Waals surface area contributed by atoms with Crippen LogP contribution in [0.2, 0.25) is 0 Å². The number of aryl methyl sites for hydroxylation is 1. The van der Waals surface area contributed by atoms with Crippen molar-refractivity contribution >= 4 is 17.2 Å². The molecule has 1 aliphatic rings.